The average Bonchev–Trinajstić information content (AvgIpc) is 3.54. The van der Waals surface area contributed by atoms with Crippen molar-refractivity contribution in [3.8, 4) is 55.6 Å². The highest BCUT2D eigenvalue weighted by atomic mass is 32.1. The summed E-state index contributed by atoms with van der Waals surface area (Å²) in [5.74, 6) is 0.708. The lowest BCUT2D eigenvalue weighted by atomic mass is 9.96. The van der Waals surface area contributed by atoms with Gasteiger partial charge in [0.2, 0.25) is 0 Å². The molecular formula is C39H25N3S. The van der Waals surface area contributed by atoms with Crippen LogP contribution in [0.1, 0.15) is 0 Å². The summed E-state index contributed by atoms with van der Waals surface area (Å²) in [7, 11) is 0. The van der Waals surface area contributed by atoms with Gasteiger partial charge in [0.05, 0.1) is 21.6 Å². The van der Waals surface area contributed by atoms with Crippen LogP contribution in [0.25, 0.3) is 76.6 Å². The van der Waals surface area contributed by atoms with E-state index in [1.54, 1.807) is 11.3 Å². The fourth-order valence-corrected chi connectivity index (χ4v) is 6.71. The minimum atomic E-state index is 0.708. The fraction of sp³-hybridized carbons (Fsp3) is 0. The van der Waals surface area contributed by atoms with Gasteiger partial charge in [0, 0.05) is 27.6 Å². The minimum absolute atomic E-state index is 0.708. The maximum absolute atomic E-state index is 5.05. The molecule has 0 aliphatic carbocycles. The molecule has 4 heteroatoms. The smallest absolute Gasteiger partial charge is 0.160 e. The molecule has 0 fully saturated rings. The second kappa shape index (κ2) is 10.8. The Bertz CT molecular complexity index is 2170. The summed E-state index contributed by atoms with van der Waals surface area (Å²) in [6, 6.07) is 52.6. The third kappa shape index (κ3) is 4.78. The molecule has 0 bridgehead atoms. The van der Waals surface area contributed by atoms with Crippen molar-refractivity contribution < 1.29 is 0 Å². The van der Waals surface area contributed by atoms with Crippen molar-refractivity contribution in [2.45, 2.75) is 0 Å². The van der Waals surface area contributed by atoms with Gasteiger partial charge in [-0.25, -0.2) is 15.0 Å². The van der Waals surface area contributed by atoms with E-state index >= 15 is 0 Å². The van der Waals surface area contributed by atoms with Gasteiger partial charge in [-0.05, 0) is 34.7 Å². The molecule has 0 radical (unpaired) electrons. The number of hydrogen-bond donors (Lipinski definition) is 0. The van der Waals surface area contributed by atoms with Gasteiger partial charge in [-0.15, -0.1) is 11.3 Å². The molecule has 0 aliphatic rings. The zero-order valence-electron chi connectivity index (χ0n) is 23.2. The van der Waals surface area contributed by atoms with Crippen LogP contribution < -0.4 is 0 Å². The fourth-order valence-electron chi connectivity index (χ4n) is 5.61. The summed E-state index contributed by atoms with van der Waals surface area (Å²) in [6.45, 7) is 0. The highest BCUT2D eigenvalue weighted by Gasteiger charge is 2.14. The highest BCUT2D eigenvalue weighted by molar-refractivity contribution is 7.22. The van der Waals surface area contributed by atoms with Crippen LogP contribution >= 0.6 is 11.3 Å². The zero-order chi connectivity index (χ0) is 28.6. The number of benzene rings is 6. The van der Waals surface area contributed by atoms with Gasteiger partial charge < -0.3 is 0 Å². The number of thiazole rings is 1. The Morgan fingerprint density at radius 3 is 1.65 bits per heavy atom. The van der Waals surface area contributed by atoms with Gasteiger partial charge in [-0.1, -0.05) is 133 Å². The van der Waals surface area contributed by atoms with E-state index in [4.69, 9.17) is 15.0 Å². The first kappa shape index (κ1) is 25.3. The average molecular weight is 568 g/mol. The molecule has 3 nitrogen and oxygen atoms in total. The van der Waals surface area contributed by atoms with Crippen molar-refractivity contribution in [2.24, 2.45) is 0 Å². The number of hydrogen-bond acceptors (Lipinski definition) is 4. The second-order valence-electron chi connectivity index (χ2n) is 10.5. The third-order valence-electron chi connectivity index (χ3n) is 7.73. The van der Waals surface area contributed by atoms with Crippen LogP contribution in [-0.4, -0.2) is 15.0 Å². The summed E-state index contributed by atoms with van der Waals surface area (Å²) in [4.78, 5) is 15.1. The molecule has 0 saturated heterocycles. The molecule has 202 valence electrons. The number of aromatic nitrogens is 3. The van der Waals surface area contributed by atoms with E-state index < -0.39 is 0 Å². The molecule has 2 heterocycles. The molecule has 0 spiro atoms. The Hall–Kier alpha value is -5.45. The summed E-state index contributed by atoms with van der Waals surface area (Å²) in [5, 5.41) is 3.47. The maximum atomic E-state index is 5.05. The van der Waals surface area contributed by atoms with Crippen LogP contribution in [-0.2, 0) is 0 Å². The molecule has 0 atom stereocenters. The normalized spacial score (nSPS) is 11.3. The van der Waals surface area contributed by atoms with Crippen LogP contribution in [0.5, 0.6) is 0 Å². The van der Waals surface area contributed by atoms with Crippen molar-refractivity contribution in [1.82, 2.24) is 15.0 Å². The van der Waals surface area contributed by atoms with E-state index in [9.17, 15) is 0 Å². The van der Waals surface area contributed by atoms with Crippen LogP contribution in [0.15, 0.2) is 152 Å². The standard InChI is InChI=1S/C39H25N3S/c1-4-12-26(13-5-1)35-25-36(27-14-6-2-7-15-27)41-38(40-35)30-19-10-18-29(24-30)31-20-11-21-33-32(31)22-23-34-37(33)43-39(42-34)28-16-8-3-9-17-28/h1-25H. The van der Waals surface area contributed by atoms with E-state index in [1.807, 2.05) is 42.5 Å². The molecule has 8 aromatic rings. The molecule has 0 aliphatic heterocycles. The molecular weight excluding hydrogens is 543 g/mol. The van der Waals surface area contributed by atoms with Gasteiger partial charge in [-0.3, -0.25) is 0 Å². The first-order valence-corrected chi connectivity index (χ1v) is 15.1. The predicted molar refractivity (Wildman–Crippen MR) is 180 cm³/mol. The Labute approximate surface area is 253 Å². The molecule has 43 heavy (non-hydrogen) atoms. The number of fused-ring (bicyclic) bond motifs is 3. The molecule has 0 saturated carbocycles. The van der Waals surface area contributed by atoms with Crippen LogP contribution in [0.2, 0.25) is 0 Å². The van der Waals surface area contributed by atoms with Crippen molar-refractivity contribution in [3.05, 3.63) is 152 Å². The SMILES string of the molecule is c1ccc(-c2cc(-c3ccccc3)nc(-c3cccc(-c4cccc5c4ccc4nc(-c6ccccc6)sc45)c3)n2)cc1. The quantitative estimate of drug-likeness (QED) is 0.208. The Kier molecular flexibility index (Phi) is 6.32. The lowest BCUT2D eigenvalue weighted by Crippen LogP contribution is -1.96. The first-order chi connectivity index (χ1) is 21.3. The monoisotopic (exact) mass is 567 g/mol. The predicted octanol–water partition coefficient (Wildman–Crippen LogP) is 10.6. The lowest BCUT2D eigenvalue weighted by molar-refractivity contribution is 1.18. The molecule has 8 rings (SSSR count). The maximum Gasteiger partial charge on any atom is 0.160 e. The Balaban J connectivity index is 1.26. The molecule has 6 aromatic carbocycles. The van der Waals surface area contributed by atoms with Gasteiger partial charge in [0.25, 0.3) is 0 Å². The molecule has 0 unspecified atom stereocenters. The topological polar surface area (TPSA) is 38.7 Å². The van der Waals surface area contributed by atoms with Crippen molar-refractivity contribution in [2.75, 3.05) is 0 Å². The summed E-state index contributed by atoms with van der Waals surface area (Å²) < 4.78 is 1.21. The van der Waals surface area contributed by atoms with Crippen molar-refractivity contribution in [3.63, 3.8) is 0 Å². The van der Waals surface area contributed by atoms with E-state index in [-0.39, 0.29) is 0 Å². The minimum Gasteiger partial charge on any atom is -0.236 e. The largest absolute Gasteiger partial charge is 0.236 e. The van der Waals surface area contributed by atoms with Gasteiger partial charge >= 0.3 is 0 Å². The van der Waals surface area contributed by atoms with E-state index in [2.05, 4.69) is 109 Å². The summed E-state index contributed by atoms with van der Waals surface area (Å²) >= 11 is 1.75. The van der Waals surface area contributed by atoms with Crippen LogP contribution in [0.3, 0.4) is 0 Å². The molecule has 0 amide bonds. The van der Waals surface area contributed by atoms with Gasteiger partial charge in [0.15, 0.2) is 5.82 Å². The van der Waals surface area contributed by atoms with Gasteiger partial charge in [0.1, 0.15) is 5.01 Å². The molecule has 0 N–H and O–H groups in total. The Morgan fingerprint density at radius 1 is 0.395 bits per heavy atom. The second-order valence-corrected chi connectivity index (χ2v) is 11.5. The van der Waals surface area contributed by atoms with Crippen LogP contribution in [0, 0.1) is 0 Å². The molecule has 2 aromatic heterocycles. The van der Waals surface area contributed by atoms with Crippen molar-refractivity contribution in [1.29, 1.82) is 0 Å². The highest BCUT2D eigenvalue weighted by Crippen LogP contribution is 2.39. The van der Waals surface area contributed by atoms with E-state index in [1.165, 1.54) is 21.0 Å². The zero-order valence-corrected chi connectivity index (χ0v) is 24.0. The van der Waals surface area contributed by atoms with E-state index in [0.29, 0.717) is 5.82 Å². The number of rotatable bonds is 5. The first-order valence-electron chi connectivity index (χ1n) is 14.3. The van der Waals surface area contributed by atoms with Gasteiger partial charge in [-0.2, -0.15) is 0 Å². The lowest BCUT2D eigenvalue weighted by Gasteiger charge is -2.11. The summed E-state index contributed by atoms with van der Waals surface area (Å²) in [5.41, 5.74) is 9.41. The van der Waals surface area contributed by atoms with Crippen LogP contribution in [0.4, 0.5) is 0 Å². The van der Waals surface area contributed by atoms with E-state index in [0.717, 1.165) is 49.7 Å². The summed E-state index contributed by atoms with van der Waals surface area (Å²) in [6.07, 6.45) is 0. The number of nitrogens with zero attached hydrogens (tertiary/aromatic N) is 3. The van der Waals surface area contributed by atoms with Crippen molar-refractivity contribution >= 4 is 32.3 Å². The Morgan fingerprint density at radius 2 is 0.977 bits per heavy atom. The third-order valence-corrected chi connectivity index (χ3v) is 8.88.